The van der Waals surface area contributed by atoms with E-state index in [0.717, 1.165) is 0 Å². The van der Waals surface area contributed by atoms with Gasteiger partial charge in [-0.1, -0.05) is 0 Å². The Bertz CT molecular complexity index is 249. The molecule has 12 heavy (non-hydrogen) atoms. The fourth-order valence-electron chi connectivity index (χ4n) is 0.541. The third kappa shape index (κ3) is 4.27. The normalized spacial score (nSPS) is 14.2. The van der Waals surface area contributed by atoms with Crippen LogP contribution in [-0.2, 0) is 14.8 Å². The van der Waals surface area contributed by atoms with E-state index >= 15 is 0 Å². The number of sulfonamides is 1. The second-order valence-electron chi connectivity index (χ2n) is 2.35. The summed E-state index contributed by atoms with van der Waals surface area (Å²) in [5, 5.41) is 0. The fourth-order valence-corrected chi connectivity index (χ4v) is 1.62. The third-order valence-corrected chi connectivity index (χ3v) is 2.66. The Morgan fingerprint density at radius 2 is 2.08 bits per heavy atom. The molecule has 0 spiro atoms. The molecule has 1 unspecified atom stereocenters. The zero-order valence-electron chi connectivity index (χ0n) is 6.78. The first-order valence-corrected chi connectivity index (χ1v) is 5.03. The number of hydrogen-bond acceptors (Lipinski definition) is 4. The molecule has 0 aliphatic carbocycles. The van der Waals surface area contributed by atoms with Gasteiger partial charge >= 0.3 is 0 Å². The van der Waals surface area contributed by atoms with Crippen molar-refractivity contribution in [2.75, 3.05) is 12.3 Å². The molecule has 0 aliphatic rings. The van der Waals surface area contributed by atoms with Gasteiger partial charge < -0.3 is 11.5 Å². The van der Waals surface area contributed by atoms with Crippen LogP contribution in [0.1, 0.15) is 6.92 Å². The van der Waals surface area contributed by atoms with E-state index in [1.165, 1.54) is 6.92 Å². The number of carbonyl (C=O) groups is 1. The molecular weight excluding hydrogens is 182 g/mol. The van der Waals surface area contributed by atoms with Crippen molar-refractivity contribution in [3.63, 3.8) is 0 Å². The van der Waals surface area contributed by atoms with Gasteiger partial charge in [0.2, 0.25) is 15.9 Å². The molecule has 0 saturated carbocycles. The van der Waals surface area contributed by atoms with Gasteiger partial charge in [0, 0.05) is 6.54 Å². The number of carbonyl (C=O) groups excluding carboxylic acids is 1. The summed E-state index contributed by atoms with van der Waals surface area (Å²) in [6, 6.07) is -0.887. The van der Waals surface area contributed by atoms with Crippen molar-refractivity contribution < 1.29 is 13.2 Å². The molecule has 0 radical (unpaired) electrons. The Morgan fingerprint density at radius 3 is 2.42 bits per heavy atom. The second kappa shape index (κ2) is 4.39. The van der Waals surface area contributed by atoms with Crippen molar-refractivity contribution in [2.24, 2.45) is 11.5 Å². The number of primary amides is 1. The van der Waals surface area contributed by atoms with E-state index < -0.39 is 22.0 Å². The summed E-state index contributed by atoms with van der Waals surface area (Å²) in [4.78, 5) is 10.4. The van der Waals surface area contributed by atoms with Crippen molar-refractivity contribution in [3.05, 3.63) is 0 Å². The topological polar surface area (TPSA) is 115 Å². The largest absolute Gasteiger partial charge is 0.368 e. The second-order valence-corrected chi connectivity index (χ2v) is 4.22. The molecule has 0 aliphatic heterocycles. The Labute approximate surface area is 71.4 Å². The van der Waals surface area contributed by atoms with Crippen molar-refractivity contribution in [1.82, 2.24) is 4.72 Å². The quantitative estimate of drug-likeness (QED) is 0.459. The number of nitrogens with one attached hydrogen (secondary N) is 1. The van der Waals surface area contributed by atoms with Crippen LogP contribution in [0.3, 0.4) is 0 Å². The molecule has 0 bridgehead atoms. The molecule has 0 heterocycles. The Morgan fingerprint density at radius 1 is 1.58 bits per heavy atom. The molecular formula is C5H13N3O3S. The minimum atomic E-state index is -3.45. The maximum atomic E-state index is 10.9. The summed E-state index contributed by atoms with van der Waals surface area (Å²) in [7, 11) is -3.45. The third-order valence-electron chi connectivity index (χ3n) is 1.17. The zero-order valence-corrected chi connectivity index (χ0v) is 7.60. The average Bonchev–Trinajstić information content (AvgIpc) is 1.85. The van der Waals surface area contributed by atoms with Gasteiger partial charge in [0.15, 0.2) is 0 Å². The molecule has 7 heteroatoms. The van der Waals surface area contributed by atoms with Crippen LogP contribution in [0.15, 0.2) is 0 Å². The summed E-state index contributed by atoms with van der Waals surface area (Å²) >= 11 is 0. The van der Waals surface area contributed by atoms with Crippen LogP contribution in [0.25, 0.3) is 0 Å². The van der Waals surface area contributed by atoms with Crippen LogP contribution in [0.5, 0.6) is 0 Å². The summed E-state index contributed by atoms with van der Waals surface area (Å²) in [5.74, 6) is -0.916. The van der Waals surface area contributed by atoms with Crippen LogP contribution in [0.2, 0.25) is 0 Å². The minimum absolute atomic E-state index is 0.0147. The van der Waals surface area contributed by atoms with Crippen molar-refractivity contribution in [1.29, 1.82) is 0 Å². The number of amides is 1. The SMILES string of the molecule is CC(NS(=O)(=O)CCN)C(N)=O. The predicted octanol–water partition coefficient (Wildman–Crippen LogP) is -2.26. The van der Waals surface area contributed by atoms with Crippen LogP contribution in [-0.4, -0.2) is 32.7 Å². The number of nitrogens with two attached hydrogens (primary N) is 2. The monoisotopic (exact) mass is 195 g/mol. The highest BCUT2D eigenvalue weighted by atomic mass is 32.2. The lowest BCUT2D eigenvalue weighted by molar-refractivity contribution is -0.119. The summed E-state index contributed by atoms with van der Waals surface area (Å²) in [6.45, 7) is 1.39. The van der Waals surface area contributed by atoms with E-state index in [-0.39, 0.29) is 12.3 Å². The van der Waals surface area contributed by atoms with Gasteiger partial charge in [0.1, 0.15) is 0 Å². The van der Waals surface area contributed by atoms with E-state index in [0.29, 0.717) is 0 Å². The fraction of sp³-hybridized carbons (Fsp3) is 0.800. The average molecular weight is 195 g/mol. The first-order valence-electron chi connectivity index (χ1n) is 3.38. The van der Waals surface area contributed by atoms with E-state index in [4.69, 9.17) is 11.5 Å². The van der Waals surface area contributed by atoms with Crippen LogP contribution >= 0.6 is 0 Å². The van der Waals surface area contributed by atoms with Gasteiger partial charge in [-0.05, 0) is 6.92 Å². The van der Waals surface area contributed by atoms with Gasteiger partial charge in [-0.25, -0.2) is 13.1 Å². The molecule has 0 aromatic heterocycles. The standard InChI is InChI=1S/C5H13N3O3S/c1-4(5(7)9)8-12(10,11)3-2-6/h4,8H,2-3,6H2,1H3,(H2,7,9). The summed E-state index contributed by atoms with van der Waals surface area (Å²) in [5.41, 5.74) is 9.87. The van der Waals surface area contributed by atoms with Gasteiger partial charge in [-0.3, -0.25) is 4.79 Å². The molecule has 0 aromatic rings. The molecule has 0 rings (SSSR count). The lowest BCUT2D eigenvalue weighted by Crippen LogP contribution is -2.43. The van der Waals surface area contributed by atoms with E-state index in [2.05, 4.69) is 4.72 Å². The lowest BCUT2D eigenvalue weighted by atomic mass is 10.4. The van der Waals surface area contributed by atoms with E-state index in [1.807, 2.05) is 0 Å². The van der Waals surface area contributed by atoms with Gasteiger partial charge in [-0.15, -0.1) is 0 Å². The van der Waals surface area contributed by atoms with Crippen molar-refractivity contribution in [2.45, 2.75) is 13.0 Å². The highest BCUT2D eigenvalue weighted by Gasteiger charge is 2.16. The summed E-state index contributed by atoms with van der Waals surface area (Å²) in [6.07, 6.45) is 0. The van der Waals surface area contributed by atoms with E-state index in [9.17, 15) is 13.2 Å². The van der Waals surface area contributed by atoms with Crippen LogP contribution in [0, 0.1) is 0 Å². The van der Waals surface area contributed by atoms with E-state index in [1.54, 1.807) is 0 Å². The maximum absolute atomic E-state index is 10.9. The molecule has 72 valence electrons. The Kier molecular flexibility index (Phi) is 4.15. The van der Waals surface area contributed by atoms with Gasteiger partial charge in [0.05, 0.1) is 11.8 Å². The van der Waals surface area contributed by atoms with Gasteiger partial charge in [-0.2, -0.15) is 0 Å². The Hall–Kier alpha value is -0.660. The molecule has 6 nitrogen and oxygen atoms in total. The van der Waals surface area contributed by atoms with Crippen LogP contribution < -0.4 is 16.2 Å². The number of rotatable bonds is 5. The molecule has 0 fully saturated rings. The molecule has 1 atom stereocenters. The maximum Gasteiger partial charge on any atom is 0.235 e. The zero-order chi connectivity index (χ0) is 9.78. The first kappa shape index (κ1) is 11.3. The van der Waals surface area contributed by atoms with Crippen LogP contribution in [0.4, 0.5) is 0 Å². The number of hydrogen-bond donors (Lipinski definition) is 3. The molecule has 0 saturated heterocycles. The molecule has 1 amide bonds. The first-order chi connectivity index (χ1) is 5.39. The Balaban J connectivity index is 4.16. The summed E-state index contributed by atoms with van der Waals surface area (Å²) < 4.78 is 24.0. The smallest absolute Gasteiger partial charge is 0.235 e. The molecule has 5 N–H and O–H groups in total. The van der Waals surface area contributed by atoms with Gasteiger partial charge in [0.25, 0.3) is 0 Å². The van der Waals surface area contributed by atoms with Crippen molar-refractivity contribution >= 4 is 15.9 Å². The van der Waals surface area contributed by atoms with Crippen molar-refractivity contribution in [3.8, 4) is 0 Å². The highest BCUT2D eigenvalue weighted by Crippen LogP contribution is 1.87. The predicted molar refractivity (Wildman–Crippen MR) is 44.6 cm³/mol. The molecule has 0 aromatic carbocycles. The lowest BCUT2D eigenvalue weighted by Gasteiger charge is -2.09. The highest BCUT2D eigenvalue weighted by molar-refractivity contribution is 7.89. The minimum Gasteiger partial charge on any atom is -0.368 e.